The van der Waals surface area contributed by atoms with Crippen molar-refractivity contribution >= 4 is 11.3 Å². The van der Waals surface area contributed by atoms with Crippen molar-refractivity contribution in [2.24, 2.45) is 0 Å². The highest BCUT2D eigenvalue weighted by atomic mass is 32.1. The number of aryl methyl sites for hydroxylation is 2. The lowest BCUT2D eigenvalue weighted by Gasteiger charge is -2.08. The number of hydrogen-bond donors (Lipinski definition) is 0. The van der Waals surface area contributed by atoms with Crippen LogP contribution in [0, 0.1) is 13.8 Å². The lowest BCUT2D eigenvalue weighted by atomic mass is 10.0. The Bertz CT molecular complexity index is 839. The van der Waals surface area contributed by atoms with Gasteiger partial charge in [-0.25, -0.2) is 4.98 Å². The molecule has 23 heavy (non-hydrogen) atoms. The number of nitrogens with zero attached hydrogens (tertiary/aromatic N) is 1. The largest absolute Gasteiger partial charge is 0.493 e. The molecule has 3 nitrogen and oxygen atoms in total. The van der Waals surface area contributed by atoms with E-state index in [0.717, 1.165) is 22.0 Å². The maximum Gasteiger partial charge on any atom is 0.161 e. The summed E-state index contributed by atoms with van der Waals surface area (Å²) in [4.78, 5) is 4.79. The molecule has 0 aliphatic carbocycles. The molecule has 0 atom stereocenters. The molecule has 0 aliphatic heterocycles. The van der Waals surface area contributed by atoms with E-state index in [1.165, 1.54) is 16.7 Å². The minimum absolute atomic E-state index is 0.716. The van der Waals surface area contributed by atoms with Crippen molar-refractivity contribution in [3.05, 3.63) is 52.9 Å². The summed E-state index contributed by atoms with van der Waals surface area (Å²) in [5.41, 5.74) is 5.73. The first kappa shape index (κ1) is 15.6. The van der Waals surface area contributed by atoms with E-state index in [1.54, 1.807) is 25.6 Å². The number of thiazole rings is 1. The summed E-state index contributed by atoms with van der Waals surface area (Å²) < 4.78 is 10.7. The molecule has 118 valence electrons. The molecule has 0 aliphatic rings. The smallest absolute Gasteiger partial charge is 0.161 e. The minimum atomic E-state index is 0.716. The van der Waals surface area contributed by atoms with E-state index in [1.807, 2.05) is 18.2 Å². The van der Waals surface area contributed by atoms with Gasteiger partial charge in [-0.2, -0.15) is 0 Å². The third-order valence-corrected chi connectivity index (χ3v) is 4.68. The summed E-state index contributed by atoms with van der Waals surface area (Å²) in [6, 6.07) is 12.3. The molecule has 0 saturated heterocycles. The van der Waals surface area contributed by atoms with Crippen molar-refractivity contribution in [1.82, 2.24) is 4.98 Å². The molecule has 0 radical (unpaired) electrons. The van der Waals surface area contributed by atoms with Gasteiger partial charge < -0.3 is 9.47 Å². The van der Waals surface area contributed by atoms with Crippen LogP contribution in [0.2, 0.25) is 0 Å². The number of rotatable bonds is 4. The Kier molecular flexibility index (Phi) is 4.35. The van der Waals surface area contributed by atoms with Gasteiger partial charge in [-0.05, 0) is 37.6 Å². The zero-order valence-corrected chi connectivity index (χ0v) is 14.5. The fourth-order valence-electron chi connectivity index (χ4n) is 2.60. The highest BCUT2D eigenvalue weighted by molar-refractivity contribution is 7.13. The summed E-state index contributed by atoms with van der Waals surface area (Å²) >= 11 is 1.64. The average molecular weight is 325 g/mol. The van der Waals surface area contributed by atoms with E-state index in [0.29, 0.717) is 5.75 Å². The Hall–Kier alpha value is -2.33. The summed E-state index contributed by atoms with van der Waals surface area (Å²) in [5, 5.41) is 3.07. The molecule has 4 heteroatoms. The van der Waals surface area contributed by atoms with Crippen LogP contribution < -0.4 is 9.47 Å². The third-order valence-electron chi connectivity index (χ3n) is 3.79. The van der Waals surface area contributed by atoms with Crippen LogP contribution in [-0.4, -0.2) is 19.2 Å². The maximum atomic E-state index is 5.37. The van der Waals surface area contributed by atoms with Gasteiger partial charge in [0.15, 0.2) is 11.5 Å². The van der Waals surface area contributed by atoms with Gasteiger partial charge in [0.1, 0.15) is 5.01 Å². The van der Waals surface area contributed by atoms with Crippen LogP contribution >= 0.6 is 11.3 Å². The highest BCUT2D eigenvalue weighted by Crippen LogP contribution is 2.35. The molecule has 0 bridgehead atoms. The monoisotopic (exact) mass is 325 g/mol. The van der Waals surface area contributed by atoms with Crippen molar-refractivity contribution in [1.29, 1.82) is 0 Å². The molecule has 3 rings (SSSR count). The molecule has 2 aromatic carbocycles. The third kappa shape index (κ3) is 3.08. The maximum absolute atomic E-state index is 5.37. The quantitative estimate of drug-likeness (QED) is 0.668. The predicted octanol–water partition coefficient (Wildman–Crippen LogP) is 5.11. The first-order chi connectivity index (χ1) is 11.1. The number of methoxy groups -OCH3 is 2. The van der Waals surface area contributed by atoms with E-state index in [4.69, 9.17) is 14.5 Å². The number of benzene rings is 2. The van der Waals surface area contributed by atoms with Crippen molar-refractivity contribution in [2.45, 2.75) is 13.8 Å². The van der Waals surface area contributed by atoms with Gasteiger partial charge in [-0.1, -0.05) is 23.8 Å². The van der Waals surface area contributed by atoms with E-state index < -0.39 is 0 Å². The standard InChI is InChI=1S/C19H19NO2S/c1-12-5-7-15(13(2)9-12)16-11-23-19(20-16)14-6-8-17(21-3)18(10-14)22-4/h5-11H,1-4H3. The van der Waals surface area contributed by atoms with Crippen molar-refractivity contribution < 1.29 is 9.47 Å². The highest BCUT2D eigenvalue weighted by Gasteiger charge is 2.11. The van der Waals surface area contributed by atoms with E-state index in [-0.39, 0.29) is 0 Å². The van der Waals surface area contributed by atoms with Gasteiger partial charge in [0.2, 0.25) is 0 Å². The molecule has 0 saturated carbocycles. The fourth-order valence-corrected chi connectivity index (χ4v) is 3.42. The van der Waals surface area contributed by atoms with Crippen LogP contribution in [0.5, 0.6) is 11.5 Å². The molecule has 0 amide bonds. The summed E-state index contributed by atoms with van der Waals surface area (Å²) in [5.74, 6) is 1.44. The molecule has 0 unspecified atom stereocenters. The second kappa shape index (κ2) is 6.42. The molecule has 0 spiro atoms. The Labute approximate surface area is 140 Å². The number of aromatic nitrogens is 1. The molecule has 1 heterocycles. The van der Waals surface area contributed by atoms with Crippen molar-refractivity contribution in [3.8, 4) is 33.3 Å². The Morgan fingerprint density at radius 3 is 2.39 bits per heavy atom. The Morgan fingerprint density at radius 1 is 0.913 bits per heavy atom. The zero-order valence-electron chi connectivity index (χ0n) is 13.7. The summed E-state index contributed by atoms with van der Waals surface area (Å²) in [6.45, 7) is 4.23. The Balaban J connectivity index is 1.99. The molecule has 3 aromatic rings. The van der Waals surface area contributed by atoms with Gasteiger partial charge >= 0.3 is 0 Å². The van der Waals surface area contributed by atoms with Crippen LogP contribution in [0.4, 0.5) is 0 Å². The predicted molar refractivity (Wildman–Crippen MR) is 95.6 cm³/mol. The normalized spacial score (nSPS) is 10.6. The minimum Gasteiger partial charge on any atom is -0.493 e. The van der Waals surface area contributed by atoms with E-state index in [9.17, 15) is 0 Å². The first-order valence-corrected chi connectivity index (χ1v) is 8.26. The molecule has 0 N–H and O–H groups in total. The molecule has 0 fully saturated rings. The second-order valence-electron chi connectivity index (χ2n) is 5.43. The van der Waals surface area contributed by atoms with Gasteiger partial charge in [0, 0.05) is 16.5 Å². The molecular formula is C19H19NO2S. The van der Waals surface area contributed by atoms with Gasteiger partial charge in [0.05, 0.1) is 19.9 Å². The van der Waals surface area contributed by atoms with Crippen molar-refractivity contribution in [3.63, 3.8) is 0 Å². The zero-order chi connectivity index (χ0) is 16.4. The lowest BCUT2D eigenvalue weighted by molar-refractivity contribution is 0.355. The fraction of sp³-hybridized carbons (Fsp3) is 0.211. The van der Waals surface area contributed by atoms with Crippen LogP contribution in [0.25, 0.3) is 21.8 Å². The average Bonchev–Trinajstić information content (AvgIpc) is 3.03. The van der Waals surface area contributed by atoms with Crippen LogP contribution in [0.15, 0.2) is 41.8 Å². The van der Waals surface area contributed by atoms with E-state index >= 15 is 0 Å². The van der Waals surface area contributed by atoms with Crippen LogP contribution in [-0.2, 0) is 0 Å². The summed E-state index contributed by atoms with van der Waals surface area (Å²) in [7, 11) is 3.28. The van der Waals surface area contributed by atoms with E-state index in [2.05, 4.69) is 37.4 Å². The van der Waals surface area contributed by atoms with Crippen LogP contribution in [0.1, 0.15) is 11.1 Å². The van der Waals surface area contributed by atoms with Gasteiger partial charge in [0.25, 0.3) is 0 Å². The van der Waals surface area contributed by atoms with Crippen molar-refractivity contribution in [2.75, 3.05) is 14.2 Å². The SMILES string of the molecule is COc1ccc(-c2nc(-c3ccc(C)cc3C)cs2)cc1OC. The van der Waals surface area contributed by atoms with Gasteiger partial charge in [-0.15, -0.1) is 11.3 Å². The summed E-state index contributed by atoms with van der Waals surface area (Å²) in [6.07, 6.45) is 0. The van der Waals surface area contributed by atoms with Gasteiger partial charge in [-0.3, -0.25) is 0 Å². The van der Waals surface area contributed by atoms with Crippen LogP contribution in [0.3, 0.4) is 0 Å². The Morgan fingerprint density at radius 2 is 1.70 bits per heavy atom. The first-order valence-electron chi connectivity index (χ1n) is 7.38. The topological polar surface area (TPSA) is 31.4 Å². The number of ether oxygens (including phenoxy) is 2. The second-order valence-corrected chi connectivity index (χ2v) is 6.28. The molecule has 1 aromatic heterocycles. The lowest BCUT2D eigenvalue weighted by Crippen LogP contribution is -1.90. The number of hydrogen-bond acceptors (Lipinski definition) is 4. The molecular weight excluding hydrogens is 306 g/mol.